The lowest BCUT2D eigenvalue weighted by atomic mass is 10.3. The molecular weight excluding hydrogens is 216 g/mol. The summed E-state index contributed by atoms with van der Waals surface area (Å²) >= 11 is 5.83. The molecule has 5 heteroatoms. The summed E-state index contributed by atoms with van der Waals surface area (Å²) in [5.41, 5.74) is 0.287. The number of nitrogens with one attached hydrogen (secondary N) is 1. The van der Waals surface area contributed by atoms with Gasteiger partial charge in [-0.2, -0.15) is 5.10 Å². The van der Waals surface area contributed by atoms with E-state index in [4.69, 9.17) is 16.3 Å². The molecule has 2 aromatic rings. The molecule has 0 saturated carbocycles. The highest BCUT2D eigenvalue weighted by molar-refractivity contribution is 6.32. The topological polar surface area (TPSA) is 55.0 Å². The maximum Gasteiger partial charge on any atom is 0.361 e. The molecule has 2 rings (SSSR count). The van der Waals surface area contributed by atoms with Crippen molar-refractivity contribution in [3.8, 4) is 5.75 Å². The Kier molecular flexibility index (Phi) is 2.69. The molecule has 0 bridgehead atoms. The van der Waals surface area contributed by atoms with Crippen LogP contribution in [0.25, 0.3) is 0 Å². The van der Waals surface area contributed by atoms with Crippen LogP contribution in [-0.4, -0.2) is 16.2 Å². The van der Waals surface area contributed by atoms with Gasteiger partial charge >= 0.3 is 5.97 Å². The van der Waals surface area contributed by atoms with Gasteiger partial charge in [0, 0.05) is 6.20 Å². The van der Waals surface area contributed by atoms with Crippen molar-refractivity contribution in [2.75, 3.05) is 0 Å². The number of esters is 1. The van der Waals surface area contributed by atoms with Gasteiger partial charge in [0.2, 0.25) is 0 Å². The van der Waals surface area contributed by atoms with Gasteiger partial charge < -0.3 is 4.74 Å². The zero-order chi connectivity index (χ0) is 10.7. The second-order valence-corrected chi connectivity index (χ2v) is 3.20. The van der Waals surface area contributed by atoms with E-state index in [2.05, 4.69) is 10.2 Å². The number of aromatic nitrogens is 2. The summed E-state index contributed by atoms with van der Waals surface area (Å²) in [4.78, 5) is 11.5. The number of carbonyl (C=O) groups excluding carboxylic acids is 1. The Labute approximate surface area is 90.8 Å². The van der Waals surface area contributed by atoms with Gasteiger partial charge in [-0.15, -0.1) is 0 Å². The van der Waals surface area contributed by atoms with Crippen LogP contribution in [0.15, 0.2) is 36.5 Å². The van der Waals surface area contributed by atoms with E-state index in [-0.39, 0.29) is 5.69 Å². The highest BCUT2D eigenvalue weighted by atomic mass is 35.5. The van der Waals surface area contributed by atoms with Gasteiger partial charge in [-0.05, 0) is 18.2 Å². The van der Waals surface area contributed by atoms with Gasteiger partial charge in [0.25, 0.3) is 0 Å². The fourth-order valence-electron chi connectivity index (χ4n) is 1.05. The molecule has 0 amide bonds. The lowest BCUT2D eigenvalue weighted by Crippen LogP contribution is -2.09. The first kappa shape index (κ1) is 9.73. The molecule has 1 heterocycles. The van der Waals surface area contributed by atoms with E-state index in [1.54, 1.807) is 24.3 Å². The van der Waals surface area contributed by atoms with Gasteiger partial charge in [0.05, 0.1) is 5.02 Å². The first-order chi connectivity index (χ1) is 7.27. The van der Waals surface area contributed by atoms with E-state index < -0.39 is 5.97 Å². The van der Waals surface area contributed by atoms with Gasteiger partial charge in [-0.1, -0.05) is 23.7 Å². The van der Waals surface area contributed by atoms with Crippen molar-refractivity contribution >= 4 is 17.6 Å². The van der Waals surface area contributed by atoms with Crippen LogP contribution in [0.4, 0.5) is 0 Å². The number of aromatic amines is 1. The van der Waals surface area contributed by atoms with Gasteiger partial charge in [-0.25, -0.2) is 4.79 Å². The molecule has 0 unspecified atom stereocenters. The largest absolute Gasteiger partial charge is 0.420 e. The molecule has 4 nitrogen and oxygen atoms in total. The van der Waals surface area contributed by atoms with E-state index in [9.17, 15) is 4.79 Å². The van der Waals surface area contributed by atoms with Crippen LogP contribution in [0.3, 0.4) is 0 Å². The maximum atomic E-state index is 11.5. The Hall–Kier alpha value is -1.81. The number of halogens is 1. The van der Waals surface area contributed by atoms with Crippen LogP contribution in [0.1, 0.15) is 10.5 Å². The summed E-state index contributed by atoms with van der Waals surface area (Å²) in [6, 6.07) is 8.30. The van der Waals surface area contributed by atoms with Crippen LogP contribution < -0.4 is 4.74 Å². The van der Waals surface area contributed by atoms with Crippen LogP contribution >= 0.6 is 11.6 Å². The molecular formula is C10H7ClN2O2. The predicted octanol–water partition coefficient (Wildman–Crippen LogP) is 2.28. The molecule has 0 spiro atoms. The van der Waals surface area contributed by atoms with Crippen molar-refractivity contribution in [3.63, 3.8) is 0 Å². The molecule has 1 aromatic carbocycles. The monoisotopic (exact) mass is 222 g/mol. The molecule has 15 heavy (non-hydrogen) atoms. The van der Waals surface area contributed by atoms with E-state index in [1.165, 1.54) is 12.3 Å². The number of hydrogen-bond acceptors (Lipinski definition) is 3. The van der Waals surface area contributed by atoms with Gasteiger partial charge in [0.1, 0.15) is 11.4 Å². The van der Waals surface area contributed by atoms with Crippen LogP contribution in [-0.2, 0) is 0 Å². The minimum absolute atomic E-state index is 0.287. The lowest BCUT2D eigenvalue weighted by Gasteiger charge is -2.03. The average Bonchev–Trinajstić information content (AvgIpc) is 2.74. The molecule has 0 fully saturated rings. The minimum atomic E-state index is -0.513. The fraction of sp³-hybridized carbons (Fsp3) is 0. The summed E-state index contributed by atoms with van der Waals surface area (Å²) in [5, 5.41) is 6.55. The predicted molar refractivity (Wildman–Crippen MR) is 55.0 cm³/mol. The third kappa shape index (κ3) is 2.16. The van der Waals surface area contributed by atoms with Crippen molar-refractivity contribution in [1.82, 2.24) is 10.2 Å². The van der Waals surface area contributed by atoms with Crippen molar-refractivity contribution < 1.29 is 9.53 Å². The summed E-state index contributed by atoms with van der Waals surface area (Å²) in [6.45, 7) is 0. The summed E-state index contributed by atoms with van der Waals surface area (Å²) < 4.78 is 5.05. The highest BCUT2D eigenvalue weighted by Crippen LogP contribution is 2.23. The van der Waals surface area contributed by atoms with Crippen LogP contribution in [0, 0.1) is 0 Å². The summed E-state index contributed by atoms with van der Waals surface area (Å²) in [6.07, 6.45) is 1.48. The normalized spacial score (nSPS) is 9.93. The number of hydrogen-bond donors (Lipinski definition) is 1. The fourth-order valence-corrected chi connectivity index (χ4v) is 1.23. The molecule has 0 aliphatic carbocycles. The maximum absolute atomic E-state index is 11.5. The Bertz CT molecular complexity index is 468. The third-order valence-corrected chi connectivity index (χ3v) is 2.07. The van der Waals surface area contributed by atoms with Crippen molar-refractivity contribution in [2.45, 2.75) is 0 Å². The Morgan fingerprint density at radius 3 is 2.80 bits per heavy atom. The van der Waals surface area contributed by atoms with Crippen LogP contribution in [0.2, 0.25) is 5.02 Å². The molecule has 0 saturated heterocycles. The smallest absolute Gasteiger partial charge is 0.361 e. The standard InChI is InChI=1S/C10H7ClN2O2/c11-7-3-1-2-4-9(7)15-10(14)8-5-6-12-13-8/h1-6H,(H,12,13). The van der Waals surface area contributed by atoms with Gasteiger partial charge in [-0.3, -0.25) is 5.10 Å². The first-order valence-electron chi connectivity index (χ1n) is 4.23. The number of benzene rings is 1. The molecule has 0 atom stereocenters. The molecule has 0 aliphatic heterocycles. The van der Waals surface area contributed by atoms with Crippen LogP contribution in [0.5, 0.6) is 5.75 Å². The van der Waals surface area contributed by atoms with Crippen molar-refractivity contribution in [1.29, 1.82) is 0 Å². The summed E-state index contributed by atoms with van der Waals surface area (Å²) in [5.74, 6) is -0.181. The molecule has 1 N–H and O–H groups in total. The quantitative estimate of drug-likeness (QED) is 0.627. The second-order valence-electron chi connectivity index (χ2n) is 2.79. The highest BCUT2D eigenvalue weighted by Gasteiger charge is 2.11. The average molecular weight is 223 g/mol. The Morgan fingerprint density at radius 2 is 2.13 bits per heavy atom. The zero-order valence-corrected chi connectivity index (χ0v) is 8.36. The first-order valence-corrected chi connectivity index (χ1v) is 4.61. The van der Waals surface area contributed by atoms with Crippen molar-refractivity contribution in [3.05, 3.63) is 47.2 Å². The number of para-hydroxylation sites is 1. The summed E-state index contributed by atoms with van der Waals surface area (Å²) in [7, 11) is 0. The third-order valence-electron chi connectivity index (χ3n) is 1.76. The molecule has 0 radical (unpaired) electrons. The minimum Gasteiger partial charge on any atom is -0.420 e. The molecule has 76 valence electrons. The molecule has 1 aromatic heterocycles. The number of carbonyl (C=O) groups is 1. The number of H-pyrrole nitrogens is 1. The van der Waals surface area contributed by atoms with E-state index >= 15 is 0 Å². The number of rotatable bonds is 2. The number of ether oxygens (including phenoxy) is 1. The van der Waals surface area contributed by atoms with Crippen molar-refractivity contribution in [2.24, 2.45) is 0 Å². The Morgan fingerprint density at radius 1 is 1.33 bits per heavy atom. The SMILES string of the molecule is O=C(Oc1ccccc1Cl)c1ccn[nH]1. The van der Waals surface area contributed by atoms with E-state index in [0.29, 0.717) is 10.8 Å². The van der Waals surface area contributed by atoms with E-state index in [1.807, 2.05) is 0 Å². The van der Waals surface area contributed by atoms with E-state index in [0.717, 1.165) is 0 Å². The zero-order valence-electron chi connectivity index (χ0n) is 7.61. The number of nitrogens with zero attached hydrogens (tertiary/aromatic N) is 1. The Balaban J connectivity index is 2.17. The second kappa shape index (κ2) is 4.14. The lowest BCUT2D eigenvalue weighted by molar-refractivity contribution is 0.0728. The molecule has 0 aliphatic rings. The van der Waals surface area contributed by atoms with Gasteiger partial charge in [0.15, 0.2) is 0 Å².